The number of hydrogen-bond donors (Lipinski definition) is 0. The summed E-state index contributed by atoms with van der Waals surface area (Å²) in [5.41, 5.74) is 0.732. The number of hydrogen-bond acceptors (Lipinski definition) is 4. The first-order valence-corrected chi connectivity index (χ1v) is 8.89. The molecule has 0 spiro atoms. The number of amides is 1. The van der Waals surface area contributed by atoms with E-state index in [0.29, 0.717) is 9.90 Å². The average molecular weight is 374 g/mol. The second-order valence-corrected chi connectivity index (χ2v) is 6.95. The molecule has 1 aromatic heterocycles. The van der Waals surface area contributed by atoms with Gasteiger partial charge in [-0.25, -0.2) is 4.79 Å². The molecule has 0 saturated carbocycles. The van der Waals surface area contributed by atoms with Gasteiger partial charge in [0.05, 0.1) is 5.02 Å². The van der Waals surface area contributed by atoms with Gasteiger partial charge in [0.25, 0.3) is 5.91 Å². The number of esters is 1. The predicted octanol–water partition coefficient (Wildman–Crippen LogP) is 4.76. The van der Waals surface area contributed by atoms with Crippen LogP contribution in [0.2, 0.25) is 5.02 Å². The highest BCUT2D eigenvalue weighted by atomic mass is 35.5. The number of thiophene rings is 1. The van der Waals surface area contributed by atoms with E-state index < -0.39 is 12.1 Å². The van der Waals surface area contributed by atoms with Crippen LogP contribution in [0.3, 0.4) is 0 Å². The van der Waals surface area contributed by atoms with Crippen LogP contribution in [0.1, 0.15) is 16.6 Å². The summed E-state index contributed by atoms with van der Waals surface area (Å²) in [6.07, 6.45) is -0.918. The Morgan fingerprint density at radius 3 is 2.40 bits per heavy atom. The topological polar surface area (TPSA) is 46.6 Å². The molecule has 2 aromatic carbocycles. The Bertz CT molecular complexity index is 923. The van der Waals surface area contributed by atoms with Gasteiger partial charge in [-0.15, -0.1) is 11.3 Å². The van der Waals surface area contributed by atoms with Gasteiger partial charge in [0.2, 0.25) is 0 Å². The summed E-state index contributed by atoms with van der Waals surface area (Å²) >= 11 is 7.55. The van der Waals surface area contributed by atoms with E-state index in [4.69, 9.17) is 16.3 Å². The molecule has 3 aromatic rings. The van der Waals surface area contributed by atoms with Crippen molar-refractivity contribution in [2.24, 2.45) is 0 Å². The van der Waals surface area contributed by atoms with Gasteiger partial charge in [0, 0.05) is 22.8 Å². The third kappa shape index (κ3) is 3.52. The third-order valence-corrected chi connectivity index (χ3v) is 5.48. The molecule has 6 heteroatoms. The van der Waals surface area contributed by atoms with Crippen LogP contribution in [0.25, 0.3) is 10.1 Å². The Hall–Kier alpha value is -2.37. The summed E-state index contributed by atoms with van der Waals surface area (Å²) in [6.45, 7) is 1.56. The molecule has 0 aliphatic heterocycles. The van der Waals surface area contributed by atoms with Gasteiger partial charge in [0.15, 0.2) is 6.10 Å². The van der Waals surface area contributed by atoms with E-state index in [1.807, 2.05) is 54.6 Å². The molecule has 0 aliphatic carbocycles. The highest BCUT2D eigenvalue weighted by Gasteiger charge is 2.25. The molecule has 0 radical (unpaired) electrons. The van der Waals surface area contributed by atoms with Crippen molar-refractivity contribution >= 4 is 50.6 Å². The minimum atomic E-state index is -0.918. The van der Waals surface area contributed by atoms with Crippen LogP contribution >= 0.6 is 22.9 Å². The quantitative estimate of drug-likeness (QED) is 0.619. The average Bonchev–Trinajstić information content (AvgIpc) is 2.98. The number of carbonyl (C=O) groups is 2. The van der Waals surface area contributed by atoms with Gasteiger partial charge in [-0.2, -0.15) is 0 Å². The van der Waals surface area contributed by atoms with Crippen molar-refractivity contribution < 1.29 is 14.3 Å². The molecule has 4 nitrogen and oxygen atoms in total. The fraction of sp³-hybridized carbons (Fsp3) is 0.158. The van der Waals surface area contributed by atoms with Crippen molar-refractivity contribution in [3.63, 3.8) is 0 Å². The summed E-state index contributed by atoms with van der Waals surface area (Å²) in [4.78, 5) is 26.7. The SMILES string of the molecule is C[C@H](OC(=O)c1sc2ccccc2c1Cl)C(=O)N(C)c1ccccc1. The maximum Gasteiger partial charge on any atom is 0.350 e. The lowest BCUT2D eigenvalue weighted by Crippen LogP contribution is -2.37. The minimum absolute atomic E-state index is 0.309. The lowest BCUT2D eigenvalue weighted by molar-refractivity contribution is -0.126. The number of para-hydroxylation sites is 1. The molecule has 0 aliphatic rings. The fourth-order valence-corrected chi connectivity index (χ4v) is 3.85. The first-order valence-electron chi connectivity index (χ1n) is 7.69. The van der Waals surface area contributed by atoms with E-state index in [2.05, 4.69) is 0 Å². The lowest BCUT2D eigenvalue weighted by atomic mass is 10.2. The Labute approximate surface area is 154 Å². The van der Waals surface area contributed by atoms with Crippen LogP contribution in [0.5, 0.6) is 0 Å². The predicted molar refractivity (Wildman–Crippen MR) is 102 cm³/mol. The molecule has 128 valence electrons. The highest BCUT2D eigenvalue weighted by Crippen LogP contribution is 2.35. The zero-order valence-corrected chi connectivity index (χ0v) is 15.3. The van der Waals surface area contributed by atoms with Crippen molar-refractivity contribution in [1.82, 2.24) is 0 Å². The van der Waals surface area contributed by atoms with Gasteiger partial charge >= 0.3 is 5.97 Å². The number of anilines is 1. The zero-order valence-electron chi connectivity index (χ0n) is 13.7. The molecule has 1 heterocycles. The number of nitrogens with zero attached hydrogens (tertiary/aromatic N) is 1. The number of halogens is 1. The number of ether oxygens (including phenoxy) is 1. The summed E-state index contributed by atoms with van der Waals surface area (Å²) in [6, 6.07) is 16.7. The highest BCUT2D eigenvalue weighted by molar-refractivity contribution is 7.21. The smallest absolute Gasteiger partial charge is 0.350 e. The fourth-order valence-electron chi connectivity index (χ4n) is 2.46. The van der Waals surface area contributed by atoms with E-state index in [1.54, 1.807) is 14.0 Å². The van der Waals surface area contributed by atoms with Gasteiger partial charge in [0.1, 0.15) is 4.88 Å². The summed E-state index contributed by atoms with van der Waals surface area (Å²) in [7, 11) is 1.65. The number of likely N-dealkylation sites (N-methyl/N-ethyl adjacent to an activating group) is 1. The molecule has 0 bridgehead atoms. The summed E-state index contributed by atoms with van der Waals surface area (Å²) < 4.78 is 6.25. The van der Waals surface area contributed by atoms with Gasteiger partial charge in [-0.1, -0.05) is 48.0 Å². The number of carbonyl (C=O) groups excluding carboxylic acids is 2. The Morgan fingerprint density at radius 1 is 1.08 bits per heavy atom. The Balaban J connectivity index is 1.75. The molecular formula is C19H16ClNO3S. The lowest BCUT2D eigenvalue weighted by Gasteiger charge is -2.21. The summed E-state index contributed by atoms with van der Waals surface area (Å²) in [5, 5.41) is 1.17. The molecular weight excluding hydrogens is 358 g/mol. The van der Waals surface area contributed by atoms with Crippen molar-refractivity contribution in [3.8, 4) is 0 Å². The van der Waals surface area contributed by atoms with Gasteiger partial charge < -0.3 is 9.64 Å². The third-order valence-electron chi connectivity index (χ3n) is 3.83. The van der Waals surface area contributed by atoms with E-state index in [-0.39, 0.29) is 5.91 Å². The monoisotopic (exact) mass is 373 g/mol. The molecule has 1 amide bonds. The molecule has 0 N–H and O–H groups in total. The van der Waals surface area contributed by atoms with Crippen molar-refractivity contribution in [2.75, 3.05) is 11.9 Å². The largest absolute Gasteiger partial charge is 0.448 e. The second-order valence-electron chi connectivity index (χ2n) is 5.52. The Kier molecular flexibility index (Phi) is 5.06. The number of fused-ring (bicyclic) bond motifs is 1. The normalized spacial score (nSPS) is 12.0. The first-order chi connectivity index (χ1) is 12.0. The minimum Gasteiger partial charge on any atom is -0.448 e. The van der Waals surface area contributed by atoms with Crippen LogP contribution in [-0.4, -0.2) is 25.0 Å². The van der Waals surface area contributed by atoms with E-state index in [9.17, 15) is 9.59 Å². The van der Waals surface area contributed by atoms with Gasteiger partial charge in [-0.3, -0.25) is 4.79 Å². The van der Waals surface area contributed by atoms with Crippen LogP contribution in [0.4, 0.5) is 5.69 Å². The van der Waals surface area contributed by atoms with Crippen LogP contribution in [0, 0.1) is 0 Å². The number of rotatable bonds is 4. The Morgan fingerprint density at radius 2 is 1.72 bits per heavy atom. The van der Waals surface area contributed by atoms with Crippen molar-refractivity contribution in [3.05, 3.63) is 64.5 Å². The zero-order chi connectivity index (χ0) is 18.0. The van der Waals surface area contributed by atoms with Crippen molar-refractivity contribution in [1.29, 1.82) is 0 Å². The molecule has 1 atom stereocenters. The maximum absolute atomic E-state index is 12.5. The molecule has 25 heavy (non-hydrogen) atoms. The molecule has 0 unspecified atom stereocenters. The van der Waals surface area contributed by atoms with Crippen LogP contribution < -0.4 is 4.90 Å². The van der Waals surface area contributed by atoms with E-state index in [0.717, 1.165) is 15.8 Å². The van der Waals surface area contributed by atoms with E-state index in [1.165, 1.54) is 16.2 Å². The number of benzene rings is 2. The first kappa shape index (κ1) is 17.5. The molecule has 0 saturated heterocycles. The maximum atomic E-state index is 12.5. The van der Waals surface area contributed by atoms with Gasteiger partial charge in [-0.05, 0) is 25.1 Å². The van der Waals surface area contributed by atoms with Crippen LogP contribution in [-0.2, 0) is 9.53 Å². The van der Waals surface area contributed by atoms with E-state index >= 15 is 0 Å². The summed E-state index contributed by atoms with van der Waals surface area (Å²) in [5.74, 6) is -0.898. The van der Waals surface area contributed by atoms with Crippen molar-refractivity contribution in [2.45, 2.75) is 13.0 Å². The standard InChI is InChI=1S/C19H16ClNO3S/c1-12(18(22)21(2)13-8-4-3-5-9-13)24-19(23)17-16(20)14-10-6-7-11-15(14)25-17/h3-12H,1-2H3/t12-/m0/s1. The molecule has 3 rings (SSSR count). The van der Waals surface area contributed by atoms with Crippen LogP contribution in [0.15, 0.2) is 54.6 Å². The molecule has 0 fully saturated rings. The second kappa shape index (κ2) is 7.25.